The predicted molar refractivity (Wildman–Crippen MR) is 68.6 cm³/mol. The number of amides is 1. The molecule has 0 atom stereocenters. The van der Waals surface area contributed by atoms with Gasteiger partial charge in [-0.3, -0.25) is 4.79 Å². The SMILES string of the molecule is CCCOCC(=O)Nc1cc(Br)c(F)cc1C. The molecule has 1 aromatic carbocycles. The Hall–Kier alpha value is -0.940. The van der Waals surface area contributed by atoms with E-state index in [2.05, 4.69) is 21.2 Å². The number of carbonyl (C=O) groups is 1. The Morgan fingerprint density at radius 2 is 2.24 bits per heavy atom. The minimum atomic E-state index is -0.345. The van der Waals surface area contributed by atoms with Crippen LogP contribution in [-0.4, -0.2) is 19.1 Å². The fraction of sp³-hybridized carbons (Fsp3) is 0.417. The van der Waals surface area contributed by atoms with Crippen molar-refractivity contribution in [1.29, 1.82) is 0 Å². The van der Waals surface area contributed by atoms with E-state index in [0.717, 1.165) is 6.42 Å². The number of ether oxygens (including phenoxy) is 1. The molecule has 0 heterocycles. The number of hydrogen-bond donors (Lipinski definition) is 1. The van der Waals surface area contributed by atoms with E-state index >= 15 is 0 Å². The van der Waals surface area contributed by atoms with Gasteiger partial charge in [0.25, 0.3) is 0 Å². The molecule has 1 aromatic rings. The molecule has 3 nitrogen and oxygen atoms in total. The quantitative estimate of drug-likeness (QED) is 0.848. The summed E-state index contributed by atoms with van der Waals surface area (Å²) in [4.78, 5) is 11.5. The van der Waals surface area contributed by atoms with Gasteiger partial charge < -0.3 is 10.1 Å². The molecule has 0 saturated carbocycles. The summed E-state index contributed by atoms with van der Waals surface area (Å²) < 4.78 is 18.6. The smallest absolute Gasteiger partial charge is 0.250 e. The van der Waals surface area contributed by atoms with E-state index in [9.17, 15) is 9.18 Å². The fourth-order valence-electron chi connectivity index (χ4n) is 1.28. The lowest BCUT2D eigenvalue weighted by Crippen LogP contribution is -2.19. The standard InChI is InChI=1S/C12H15BrFNO2/c1-3-4-17-7-12(16)15-11-6-9(13)10(14)5-8(11)2/h5-6H,3-4,7H2,1-2H3,(H,15,16). The monoisotopic (exact) mass is 303 g/mol. The van der Waals surface area contributed by atoms with Gasteiger partial charge in [-0.2, -0.15) is 0 Å². The van der Waals surface area contributed by atoms with Gasteiger partial charge in [-0.25, -0.2) is 4.39 Å². The van der Waals surface area contributed by atoms with Crippen LogP contribution in [0.4, 0.5) is 10.1 Å². The first-order chi connectivity index (χ1) is 8.04. The Morgan fingerprint density at radius 1 is 1.53 bits per heavy atom. The Labute approximate surface area is 108 Å². The molecule has 0 aliphatic carbocycles. The van der Waals surface area contributed by atoms with Gasteiger partial charge in [-0.1, -0.05) is 6.92 Å². The van der Waals surface area contributed by atoms with Gasteiger partial charge in [-0.15, -0.1) is 0 Å². The number of benzene rings is 1. The molecule has 0 spiro atoms. The van der Waals surface area contributed by atoms with E-state index in [1.165, 1.54) is 6.07 Å². The maximum Gasteiger partial charge on any atom is 0.250 e. The normalized spacial score (nSPS) is 10.4. The number of halogens is 2. The highest BCUT2D eigenvalue weighted by atomic mass is 79.9. The molecule has 1 rings (SSSR count). The molecule has 94 valence electrons. The van der Waals surface area contributed by atoms with Crippen molar-refractivity contribution in [3.63, 3.8) is 0 Å². The Bertz CT molecular complexity index is 410. The second kappa shape index (κ2) is 6.71. The fourth-order valence-corrected chi connectivity index (χ4v) is 1.62. The highest BCUT2D eigenvalue weighted by molar-refractivity contribution is 9.10. The zero-order chi connectivity index (χ0) is 12.8. The van der Waals surface area contributed by atoms with Gasteiger partial charge in [0.15, 0.2) is 0 Å². The summed E-state index contributed by atoms with van der Waals surface area (Å²) in [6.45, 7) is 4.28. The summed E-state index contributed by atoms with van der Waals surface area (Å²) in [5.41, 5.74) is 1.26. The van der Waals surface area contributed by atoms with Crippen LogP contribution in [-0.2, 0) is 9.53 Å². The number of aryl methyl sites for hydroxylation is 1. The van der Waals surface area contributed by atoms with Crippen molar-refractivity contribution in [2.75, 3.05) is 18.5 Å². The minimum Gasteiger partial charge on any atom is -0.372 e. The molecular formula is C12H15BrFNO2. The summed E-state index contributed by atoms with van der Waals surface area (Å²) in [5, 5.41) is 2.68. The van der Waals surface area contributed by atoms with Crippen LogP contribution in [0.25, 0.3) is 0 Å². The molecule has 0 radical (unpaired) electrons. The van der Waals surface area contributed by atoms with Gasteiger partial charge in [-0.05, 0) is 47.0 Å². The largest absolute Gasteiger partial charge is 0.372 e. The Balaban J connectivity index is 2.62. The zero-order valence-corrected chi connectivity index (χ0v) is 11.4. The van der Waals surface area contributed by atoms with Crippen molar-refractivity contribution in [3.05, 3.63) is 28.0 Å². The van der Waals surface area contributed by atoms with Crippen molar-refractivity contribution in [2.24, 2.45) is 0 Å². The lowest BCUT2D eigenvalue weighted by Gasteiger charge is -2.09. The summed E-state index contributed by atoms with van der Waals surface area (Å²) in [5.74, 6) is -0.581. The molecule has 0 saturated heterocycles. The molecule has 0 aliphatic rings. The second-order valence-electron chi connectivity index (χ2n) is 3.68. The molecule has 0 unspecified atom stereocenters. The topological polar surface area (TPSA) is 38.3 Å². The van der Waals surface area contributed by atoms with Crippen LogP contribution in [0, 0.1) is 12.7 Å². The van der Waals surface area contributed by atoms with Gasteiger partial charge in [0.05, 0.1) is 4.47 Å². The minimum absolute atomic E-state index is 0.0161. The van der Waals surface area contributed by atoms with E-state index in [0.29, 0.717) is 22.3 Å². The van der Waals surface area contributed by atoms with Crippen LogP contribution in [0.1, 0.15) is 18.9 Å². The predicted octanol–water partition coefficient (Wildman–Crippen LogP) is 3.26. The summed E-state index contributed by atoms with van der Waals surface area (Å²) in [6, 6.07) is 2.91. The average Bonchev–Trinajstić information content (AvgIpc) is 2.26. The van der Waals surface area contributed by atoms with Crippen LogP contribution >= 0.6 is 15.9 Å². The van der Waals surface area contributed by atoms with Gasteiger partial charge in [0.2, 0.25) is 5.91 Å². The van der Waals surface area contributed by atoms with Gasteiger partial charge in [0, 0.05) is 12.3 Å². The highest BCUT2D eigenvalue weighted by Crippen LogP contribution is 2.24. The van der Waals surface area contributed by atoms with Crippen LogP contribution in [0.15, 0.2) is 16.6 Å². The van der Waals surface area contributed by atoms with Crippen molar-refractivity contribution in [3.8, 4) is 0 Å². The van der Waals surface area contributed by atoms with Crippen LogP contribution in [0.3, 0.4) is 0 Å². The average molecular weight is 304 g/mol. The summed E-state index contributed by atoms with van der Waals surface area (Å²) in [6.07, 6.45) is 0.869. The Kier molecular flexibility index (Phi) is 5.58. The van der Waals surface area contributed by atoms with Gasteiger partial charge >= 0.3 is 0 Å². The third-order valence-corrected chi connectivity index (χ3v) is 2.73. The van der Waals surface area contributed by atoms with Crippen molar-refractivity contribution in [1.82, 2.24) is 0 Å². The molecule has 17 heavy (non-hydrogen) atoms. The maximum atomic E-state index is 13.2. The van der Waals surface area contributed by atoms with E-state index in [4.69, 9.17) is 4.74 Å². The van der Waals surface area contributed by atoms with Crippen molar-refractivity contribution in [2.45, 2.75) is 20.3 Å². The maximum absolute atomic E-state index is 13.2. The second-order valence-corrected chi connectivity index (χ2v) is 4.54. The number of nitrogens with one attached hydrogen (secondary N) is 1. The first-order valence-electron chi connectivity index (χ1n) is 5.37. The van der Waals surface area contributed by atoms with E-state index in [-0.39, 0.29) is 18.3 Å². The summed E-state index contributed by atoms with van der Waals surface area (Å²) >= 11 is 3.08. The zero-order valence-electron chi connectivity index (χ0n) is 9.85. The molecule has 0 aromatic heterocycles. The van der Waals surface area contributed by atoms with Crippen LogP contribution < -0.4 is 5.32 Å². The van der Waals surface area contributed by atoms with E-state index < -0.39 is 0 Å². The first-order valence-corrected chi connectivity index (χ1v) is 6.17. The summed E-state index contributed by atoms with van der Waals surface area (Å²) in [7, 11) is 0. The molecule has 5 heteroatoms. The number of rotatable bonds is 5. The third-order valence-electron chi connectivity index (χ3n) is 2.12. The van der Waals surface area contributed by atoms with Crippen molar-refractivity contribution < 1.29 is 13.9 Å². The lowest BCUT2D eigenvalue weighted by atomic mass is 10.2. The first kappa shape index (κ1) is 14.1. The van der Waals surface area contributed by atoms with Crippen LogP contribution in [0.5, 0.6) is 0 Å². The number of anilines is 1. The van der Waals surface area contributed by atoms with Crippen LogP contribution in [0.2, 0.25) is 0 Å². The van der Waals surface area contributed by atoms with Crippen molar-refractivity contribution >= 4 is 27.5 Å². The number of carbonyl (C=O) groups excluding carboxylic acids is 1. The van der Waals surface area contributed by atoms with Gasteiger partial charge in [0.1, 0.15) is 12.4 Å². The lowest BCUT2D eigenvalue weighted by molar-refractivity contribution is -0.120. The molecule has 1 N–H and O–H groups in total. The molecule has 0 bridgehead atoms. The molecule has 0 aliphatic heterocycles. The highest BCUT2D eigenvalue weighted by Gasteiger charge is 2.08. The third kappa shape index (κ3) is 4.44. The van der Waals surface area contributed by atoms with E-state index in [1.54, 1.807) is 13.0 Å². The number of hydrogen-bond acceptors (Lipinski definition) is 2. The Morgan fingerprint density at radius 3 is 2.88 bits per heavy atom. The molecule has 1 amide bonds. The molecular weight excluding hydrogens is 289 g/mol. The van der Waals surface area contributed by atoms with E-state index in [1.807, 2.05) is 6.92 Å². The molecule has 0 fully saturated rings.